The lowest BCUT2D eigenvalue weighted by atomic mass is 9.86. The smallest absolute Gasteiger partial charge is 0.210 e. The second kappa shape index (κ2) is 19.8. The molecule has 2 N–H and O–H groups in total. The van der Waals surface area contributed by atoms with Crippen molar-refractivity contribution >= 4 is 18.2 Å². The largest absolute Gasteiger partial charge is 0.330 e. The van der Waals surface area contributed by atoms with E-state index in [1.807, 2.05) is 6.92 Å². The fourth-order valence-corrected chi connectivity index (χ4v) is 4.96. The van der Waals surface area contributed by atoms with E-state index in [-0.39, 0.29) is 6.04 Å². The number of hydrogen-bond donors (Lipinski definition) is 1. The van der Waals surface area contributed by atoms with Gasteiger partial charge >= 0.3 is 0 Å². The molecule has 0 radical (unpaired) electrons. The number of nitrogens with two attached hydrogens (primary N) is 1. The van der Waals surface area contributed by atoms with Gasteiger partial charge in [-0.1, -0.05) is 103 Å². The number of unbranched alkanes of at least 4 members (excludes halogenated alkanes) is 5. The molecular formula is C24H48N2OS. The van der Waals surface area contributed by atoms with Gasteiger partial charge in [0.05, 0.1) is 11.9 Å². The van der Waals surface area contributed by atoms with Crippen LogP contribution in [0.25, 0.3) is 0 Å². The molecule has 4 heteroatoms. The summed E-state index contributed by atoms with van der Waals surface area (Å²) in [5.74, 6) is 2.93. The summed E-state index contributed by atoms with van der Waals surface area (Å²) in [6.07, 6.45) is 19.4. The van der Waals surface area contributed by atoms with Crippen LogP contribution < -0.4 is 5.73 Å². The minimum absolute atomic E-state index is 0.280. The summed E-state index contributed by atoms with van der Waals surface area (Å²) in [5.41, 5.74) is 6.39. The Labute approximate surface area is 180 Å². The Bertz CT molecular complexity index is 364. The van der Waals surface area contributed by atoms with Crippen molar-refractivity contribution < 1.29 is 4.79 Å². The first kappa shape index (κ1) is 27.5. The molecular weight excluding hydrogens is 364 g/mol. The molecule has 0 aromatic heterocycles. The molecule has 2 fully saturated rings. The van der Waals surface area contributed by atoms with Crippen molar-refractivity contribution in [3.63, 3.8) is 0 Å². The van der Waals surface area contributed by atoms with E-state index in [1.165, 1.54) is 83.5 Å². The summed E-state index contributed by atoms with van der Waals surface area (Å²) in [4.78, 5) is 12.2. The molecule has 2 aliphatic rings. The van der Waals surface area contributed by atoms with Crippen LogP contribution in [0.5, 0.6) is 0 Å². The zero-order chi connectivity index (χ0) is 21.0. The summed E-state index contributed by atoms with van der Waals surface area (Å²) in [5, 5.41) is 0. The molecule has 166 valence electrons. The van der Waals surface area contributed by atoms with Crippen LogP contribution >= 0.6 is 11.8 Å². The van der Waals surface area contributed by atoms with Crippen molar-refractivity contribution in [1.82, 2.24) is 4.90 Å². The second-order valence-corrected chi connectivity index (χ2v) is 9.33. The second-order valence-electron chi connectivity index (χ2n) is 8.33. The average molecular weight is 413 g/mol. The predicted octanol–water partition coefficient (Wildman–Crippen LogP) is 6.77. The van der Waals surface area contributed by atoms with E-state index in [1.54, 1.807) is 16.7 Å². The van der Waals surface area contributed by atoms with Crippen molar-refractivity contribution in [2.75, 3.05) is 18.2 Å². The third kappa shape index (κ3) is 14.5. The minimum Gasteiger partial charge on any atom is -0.330 e. The quantitative estimate of drug-likeness (QED) is 0.245. The maximum atomic E-state index is 10.4. The highest BCUT2D eigenvalue weighted by Crippen LogP contribution is 2.27. The fourth-order valence-electron chi connectivity index (χ4n) is 3.70. The van der Waals surface area contributed by atoms with Crippen LogP contribution in [0.2, 0.25) is 0 Å². The number of amides is 1. The molecule has 1 unspecified atom stereocenters. The molecule has 2 rings (SSSR count). The van der Waals surface area contributed by atoms with Gasteiger partial charge in [-0.25, -0.2) is 0 Å². The molecule has 1 saturated heterocycles. The van der Waals surface area contributed by atoms with Crippen molar-refractivity contribution in [2.45, 2.75) is 110 Å². The SMILES string of the molecule is C=C(C)C1CSCN1C=O.CCCCC1CCCCC1.CCCCCCCN. The van der Waals surface area contributed by atoms with Gasteiger partial charge in [0.15, 0.2) is 0 Å². The Morgan fingerprint density at radius 2 is 1.71 bits per heavy atom. The number of carbonyl (C=O) groups excluding carboxylic acids is 1. The molecule has 1 heterocycles. The average Bonchev–Trinajstić information content (AvgIpc) is 3.21. The van der Waals surface area contributed by atoms with Gasteiger partial charge in [-0.15, -0.1) is 11.8 Å². The van der Waals surface area contributed by atoms with E-state index < -0.39 is 0 Å². The Balaban J connectivity index is 0.000000394. The summed E-state index contributed by atoms with van der Waals surface area (Å²) in [6.45, 7) is 11.2. The molecule has 28 heavy (non-hydrogen) atoms. The molecule has 0 bridgehead atoms. The zero-order valence-corrected chi connectivity index (χ0v) is 19.9. The molecule has 0 aromatic rings. The van der Waals surface area contributed by atoms with E-state index in [0.29, 0.717) is 0 Å². The number of nitrogens with zero attached hydrogens (tertiary/aromatic N) is 1. The van der Waals surface area contributed by atoms with Crippen LogP contribution in [0.1, 0.15) is 104 Å². The fraction of sp³-hybridized carbons (Fsp3) is 0.875. The van der Waals surface area contributed by atoms with Crippen molar-refractivity contribution in [2.24, 2.45) is 11.7 Å². The third-order valence-corrected chi connectivity index (χ3v) is 6.65. The van der Waals surface area contributed by atoms with E-state index >= 15 is 0 Å². The lowest BCUT2D eigenvalue weighted by molar-refractivity contribution is -0.117. The number of rotatable bonds is 10. The third-order valence-electron chi connectivity index (χ3n) is 5.62. The standard InChI is InChI=1S/C10H20.C7H11NOS.C7H17N/c1-2-3-7-10-8-5-4-6-9-10;1-6(2)7-3-10-5-8(7)4-9;1-2-3-4-5-6-7-8/h10H,2-9H2,1H3;4,7H,1,3,5H2,2H3;2-8H2,1H3. The first-order valence-corrected chi connectivity index (χ1v) is 12.9. The van der Waals surface area contributed by atoms with Crippen molar-refractivity contribution in [3.8, 4) is 0 Å². The van der Waals surface area contributed by atoms with Gasteiger partial charge in [-0.3, -0.25) is 4.79 Å². The molecule has 0 spiro atoms. The van der Waals surface area contributed by atoms with E-state index in [2.05, 4.69) is 20.4 Å². The van der Waals surface area contributed by atoms with Crippen LogP contribution in [0, 0.1) is 5.92 Å². The molecule has 1 atom stereocenters. The molecule has 3 nitrogen and oxygen atoms in total. The Hall–Kier alpha value is -0.480. The number of thioether (sulfide) groups is 1. The highest BCUT2D eigenvalue weighted by Gasteiger charge is 2.23. The summed E-state index contributed by atoms with van der Waals surface area (Å²) < 4.78 is 0. The van der Waals surface area contributed by atoms with Gasteiger partial charge in [0.2, 0.25) is 6.41 Å². The molecule has 1 aliphatic carbocycles. The van der Waals surface area contributed by atoms with Gasteiger partial charge in [0, 0.05) is 5.75 Å². The van der Waals surface area contributed by atoms with Gasteiger partial charge < -0.3 is 10.6 Å². The first-order valence-electron chi connectivity index (χ1n) is 11.7. The van der Waals surface area contributed by atoms with Crippen LogP contribution in [-0.4, -0.2) is 35.5 Å². The van der Waals surface area contributed by atoms with Gasteiger partial charge in [0.25, 0.3) is 0 Å². The van der Waals surface area contributed by atoms with Gasteiger partial charge in [-0.05, 0) is 25.8 Å². The molecule has 1 amide bonds. The van der Waals surface area contributed by atoms with Crippen LogP contribution in [-0.2, 0) is 4.79 Å². The monoisotopic (exact) mass is 412 g/mol. The minimum atomic E-state index is 0.280. The lowest BCUT2D eigenvalue weighted by Crippen LogP contribution is -2.29. The highest BCUT2D eigenvalue weighted by atomic mass is 32.2. The Kier molecular flexibility index (Phi) is 19.5. The van der Waals surface area contributed by atoms with Crippen LogP contribution in [0.15, 0.2) is 12.2 Å². The molecule has 1 aliphatic heterocycles. The van der Waals surface area contributed by atoms with E-state index in [0.717, 1.165) is 36.1 Å². The lowest BCUT2D eigenvalue weighted by Gasteiger charge is -2.20. The highest BCUT2D eigenvalue weighted by molar-refractivity contribution is 7.99. The van der Waals surface area contributed by atoms with Crippen LogP contribution in [0.4, 0.5) is 0 Å². The molecule has 0 aromatic carbocycles. The Morgan fingerprint density at radius 1 is 1.07 bits per heavy atom. The summed E-state index contributed by atoms with van der Waals surface area (Å²) >= 11 is 1.78. The summed E-state index contributed by atoms with van der Waals surface area (Å²) in [7, 11) is 0. The maximum absolute atomic E-state index is 10.4. The van der Waals surface area contributed by atoms with Crippen molar-refractivity contribution in [1.29, 1.82) is 0 Å². The van der Waals surface area contributed by atoms with Gasteiger partial charge in [0.1, 0.15) is 0 Å². The normalized spacial score (nSPS) is 19.3. The van der Waals surface area contributed by atoms with Crippen molar-refractivity contribution in [3.05, 3.63) is 12.2 Å². The predicted molar refractivity (Wildman–Crippen MR) is 128 cm³/mol. The Morgan fingerprint density at radius 3 is 2.21 bits per heavy atom. The maximum Gasteiger partial charge on any atom is 0.210 e. The zero-order valence-electron chi connectivity index (χ0n) is 19.1. The first-order chi connectivity index (χ1) is 13.6. The summed E-state index contributed by atoms with van der Waals surface area (Å²) in [6, 6.07) is 0.280. The van der Waals surface area contributed by atoms with E-state index in [4.69, 9.17) is 5.73 Å². The number of hydrogen-bond acceptors (Lipinski definition) is 3. The van der Waals surface area contributed by atoms with Crippen LogP contribution in [0.3, 0.4) is 0 Å². The topological polar surface area (TPSA) is 46.3 Å². The molecule has 1 saturated carbocycles. The van der Waals surface area contributed by atoms with Gasteiger partial charge in [-0.2, -0.15) is 0 Å². The number of carbonyl (C=O) groups is 1. The van der Waals surface area contributed by atoms with E-state index in [9.17, 15) is 4.79 Å².